The Bertz CT molecular complexity index is 352. The molecule has 1 nitrogen and oxygen atoms in total. The van der Waals surface area contributed by atoms with Crippen LogP contribution in [0, 0.1) is 5.92 Å². The van der Waals surface area contributed by atoms with Gasteiger partial charge < -0.3 is 4.79 Å². The normalized spacial score (nSPS) is 24.0. The fraction of sp³-hybridized carbons (Fsp3) is 0.462. The van der Waals surface area contributed by atoms with Crippen molar-refractivity contribution < 1.29 is 4.79 Å². The molecule has 0 saturated carbocycles. The van der Waals surface area contributed by atoms with Crippen LogP contribution < -0.4 is 0 Å². The fourth-order valence-corrected chi connectivity index (χ4v) is 2.57. The highest BCUT2D eigenvalue weighted by atomic mass is 16.1. The number of fused-ring (bicyclic) bond motifs is 1. The molecule has 0 bridgehead atoms. The summed E-state index contributed by atoms with van der Waals surface area (Å²) in [7, 11) is 0. The van der Waals surface area contributed by atoms with Crippen LogP contribution in [-0.2, 0) is 16.6 Å². The molecular weight excluding hydrogens is 172 g/mol. The predicted octanol–water partition coefficient (Wildman–Crippen LogP) is 2.73. The third-order valence-corrected chi connectivity index (χ3v) is 3.19. The second-order valence-corrected chi connectivity index (χ2v) is 4.85. The van der Waals surface area contributed by atoms with Crippen LogP contribution >= 0.6 is 0 Å². The Morgan fingerprint density at radius 3 is 2.79 bits per heavy atom. The van der Waals surface area contributed by atoms with Gasteiger partial charge in [-0.1, -0.05) is 38.1 Å². The van der Waals surface area contributed by atoms with Crippen molar-refractivity contribution in [3.05, 3.63) is 35.4 Å². The van der Waals surface area contributed by atoms with E-state index < -0.39 is 0 Å². The first kappa shape index (κ1) is 9.45. The van der Waals surface area contributed by atoms with Gasteiger partial charge in [0.05, 0.1) is 0 Å². The van der Waals surface area contributed by atoms with E-state index in [2.05, 4.69) is 38.1 Å². The fourth-order valence-electron chi connectivity index (χ4n) is 2.57. The second-order valence-electron chi connectivity index (χ2n) is 4.85. The summed E-state index contributed by atoms with van der Waals surface area (Å²) in [6.07, 6.45) is 3.01. The molecule has 0 amide bonds. The molecule has 1 aliphatic carbocycles. The molecule has 0 aliphatic heterocycles. The molecule has 0 spiro atoms. The van der Waals surface area contributed by atoms with Gasteiger partial charge in [0.25, 0.3) is 0 Å². The van der Waals surface area contributed by atoms with Gasteiger partial charge >= 0.3 is 0 Å². The van der Waals surface area contributed by atoms with Crippen molar-refractivity contribution in [2.75, 3.05) is 0 Å². The van der Waals surface area contributed by atoms with Gasteiger partial charge in [-0.15, -0.1) is 0 Å². The van der Waals surface area contributed by atoms with E-state index in [1.807, 2.05) is 0 Å². The van der Waals surface area contributed by atoms with Crippen molar-refractivity contribution in [3.63, 3.8) is 0 Å². The second kappa shape index (κ2) is 3.23. The van der Waals surface area contributed by atoms with Crippen molar-refractivity contribution in [2.24, 2.45) is 5.92 Å². The maximum atomic E-state index is 10.9. The number of hydrogen-bond acceptors (Lipinski definition) is 1. The summed E-state index contributed by atoms with van der Waals surface area (Å²) in [5.41, 5.74) is 2.92. The van der Waals surface area contributed by atoms with Crippen molar-refractivity contribution >= 4 is 6.29 Å². The van der Waals surface area contributed by atoms with Crippen LogP contribution in [0.1, 0.15) is 31.4 Å². The molecule has 2 rings (SSSR count). The van der Waals surface area contributed by atoms with Crippen LogP contribution in [0.15, 0.2) is 24.3 Å². The highest BCUT2D eigenvalue weighted by Crippen LogP contribution is 2.38. The summed E-state index contributed by atoms with van der Waals surface area (Å²) in [5.74, 6) is 0.208. The van der Waals surface area contributed by atoms with Crippen molar-refractivity contribution in [1.82, 2.24) is 0 Å². The summed E-state index contributed by atoms with van der Waals surface area (Å²) < 4.78 is 0. The summed E-state index contributed by atoms with van der Waals surface area (Å²) in [4.78, 5) is 10.9. The Morgan fingerprint density at radius 2 is 2.07 bits per heavy atom. The molecule has 0 aromatic heterocycles. The average Bonchev–Trinajstić information content (AvgIpc) is 2.17. The van der Waals surface area contributed by atoms with Crippen LogP contribution in [0.2, 0.25) is 0 Å². The number of hydrogen-bond donors (Lipinski definition) is 0. The zero-order valence-corrected chi connectivity index (χ0v) is 8.79. The Kier molecular flexibility index (Phi) is 2.18. The Balaban J connectivity index is 2.46. The van der Waals surface area contributed by atoms with Crippen LogP contribution in [0.4, 0.5) is 0 Å². The molecule has 1 unspecified atom stereocenters. The van der Waals surface area contributed by atoms with Crippen LogP contribution in [0.5, 0.6) is 0 Å². The van der Waals surface area contributed by atoms with Gasteiger partial charge in [-0.2, -0.15) is 0 Å². The van der Waals surface area contributed by atoms with Gasteiger partial charge in [-0.25, -0.2) is 0 Å². The van der Waals surface area contributed by atoms with Crippen molar-refractivity contribution in [3.8, 4) is 0 Å². The van der Waals surface area contributed by atoms with E-state index in [9.17, 15) is 4.79 Å². The van der Waals surface area contributed by atoms with Gasteiger partial charge in [0.2, 0.25) is 0 Å². The lowest BCUT2D eigenvalue weighted by Gasteiger charge is -2.35. The van der Waals surface area contributed by atoms with Gasteiger partial charge in [0.1, 0.15) is 6.29 Å². The molecule has 1 heteroatoms. The van der Waals surface area contributed by atoms with E-state index in [4.69, 9.17) is 0 Å². The molecule has 0 N–H and O–H groups in total. The Morgan fingerprint density at radius 1 is 1.36 bits per heavy atom. The zero-order chi connectivity index (χ0) is 10.2. The third kappa shape index (κ3) is 1.47. The van der Waals surface area contributed by atoms with Gasteiger partial charge in [0, 0.05) is 5.92 Å². The molecule has 14 heavy (non-hydrogen) atoms. The number of rotatable bonds is 1. The minimum atomic E-state index is 0.153. The number of aldehydes is 1. The molecule has 0 heterocycles. The van der Waals surface area contributed by atoms with Crippen LogP contribution in [0.25, 0.3) is 0 Å². The highest BCUT2D eigenvalue weighted by molar-refractivity contribution is 5.57. The van der Waals surface area contributed by atoms with Crippen molar-refractivity contribution in [1.29, 1.82) is 0 Å². The highest BCUT2D eigenvalue weighted by Gasteiger charge is 2.32. The largest absolute Gasteiger partial charge is 0.303 e. The first-order valence-corrected chi connectivity index (χ1v) is 5.17. The predicted molar refractivity (Wildman–Crippen MR) is 57.3 cm³/mol. The molecule has 1 aliphatic rings. The molecule has 1 aromatic rings. The van der Waals surface area contributed by atoms with E-state index in [0.29, 0.717) is 0 Å². The minimum absolute atomic E-state index is 0.153. The van der Waals surface area contributed by atoms with E-state index in [1.165, 1.54) is 11.1 Å². The third-order valence-electron chi connectivity index (χ3n) is 3.19. The minimum Gasteiger partial charge on any atom is -0.303 e. The molecular formula is C13H16O. The van der Waals surface area contributed by atoms with Gasteiger partial charge in [-0.3, -0.25) is 0 Å². The Labute approximate surface area is 85.1 Å². The summed E-state index contributed by atoms with van der Waals surface area (Å²) >= 11 is 0. The maximum Gasteiger partial charge on any atom is 0.123 e. The van der Waals surface area contributed by atoms with E-state index in [0.717, 1.165) is 19.1 Å². The van der Waals surface area contributed by atoms with Gasteiger partial charge in [0.15, 0.2) is 0 Å². The molecule has 1 atom stereocenters. The first-order valence-electron chi connectivity index (χ1n) is 5.17. The Hall–Kier alpha value is -1.11. The standard InChI is InChI=1S/C13H16O/c1-13(2)8-10(9-14)7-11-5-3-4-6-12(11)13/h3-6,9-10H,7-8H2,1-2H3. The summed E-state index contributed by atoms with van der Waals surface area (Å²) in [6, 6.07) is 8.48. The summed E-state index contributed by atoms with van der Waals surface area (Å²) in [6.45, 7) is 4.45. The smallest absolute Gasteiger partial charge is 0.123 e. The molecule has 0 saturated heterocycles. The van der Waals surface area contributed by atoms with Crippen LogP contribution in [-0.4, -0.2) is 6.29 Å². The lowest BCUT2D eigenvalue weighted by atomic mass is 9.69. The van der Waals surface area contributed by atoms with E-state index in [1.54, 1.807) is 0 Å². The number of carbonyl (C=O) groups excluding carboxylic acids is 1. The lowest BCUT2D eigenvalue weighted by molar-refractivity contribution is -0.111. The SMILES string of the molecule is CC1(C)CC(C=O)Cc2ccccc21. The first-order chi connectivity index (χ1) is 6.63. The van der Waals surface area contributed by atoms with E-state index in [-0.39, 0.29) is 11.3 Å². The van der Waals surface area contributed by atoms with Crippen molar-refractivity contribution in [2.45, 2.75) is 32.1 Å². The number of carbonyl (C=O) groups is 1. The number of benzene rings is 1. The monoisotopic (exact) mass is 188 g/mol. The topological polar surface area (TPSA) is 17.1 Å². The molecule has 1 aromatic carbocycles. The van der Waals surface area contributed by atoms with Crippen LogP contribution in [0.3, 0.4) is 0 Å². The molecule has 0 radical (unpaired) electrons. The summed E-state index contributed by atoms with van der Waals surface area (Å²) in [5, 5.41) is 0. The van der Waals surface area contributed by atoms with E-state index >= 15 is 0 Å². The maximum absolute atomic E-state index is 10.9. The average molecular weight is 188 g/mol. The quantitative estimate of drug-likeness (QED) is 0.619. The zero-order valence-electron chi connectivity index (χ0n) is 8.79. The lowest BCUT2D eigenvalue weighted by Crippen LogP contribution is -2.30. The van der Waals surface area contributed by atoms with Gasteiger partial charge in [-0.05, 0) is 29.4 Å². The molecule has 74 valence electrons. The molecule has 0 fully saturated rings.